The number of hydrogen-bond acceptors (Lipinski definition) is 8. The van der Waals surface area contributed by atoms with E-state index in [0.717, 1.165) is 20.3 Å². The van der Waals surface area contributed by atoms with Gasteiger partial charge in [0, 0.05) is 46.0 Å². The van der Waals surface area contributed by atoms with Gasteiger partial charge in [-0.1, -0.05) is 84.9 Å². The first-order valence-corrected chi connectivity index (χ1v) is 18.7. The molecule has 0 spiro atoms. The second kappa shape index (κ2) is 14.0. The Kier molecular flexibility index (Phi) is 9.56. The van der Waals surface area contributed by atoms with Crippen LogP contribution in [-0.2, 0) is 19.1 Å². The Labute approximate surface area is 294 Å². The van der Waals surface area contributed by atoms with Crippen LogP contribution in [0.4, 0.5) is 11.4 Å². The molecule has 51 heavy (non-hydrogen) atoms. The van der Waals surface area contributed by atoms with E-state index in [1.165, 1.54) is 36.5 Å². The monoisotopic (exact) mass is 740 g/mol. The Morgan fingerprint density at radius 2 is 1.06 bits per heavy atom. The molecule has 12 nitrogen and oxygen atoms in total. The van der Waals surface area contributed by atoms with Crippen molar-refractivity contribution in [2.75, 3.05) is 0 Å². The molecular formula is C36H25ClN4O8S2. The van der Waals surface area contributed by atoms with Crippen LogP contribution in [-0.4, -0.2) is 35.6 Å². The maximum Gasteiger partial charge on any atom is 0.278 e. The van der Waals surface area contributed by atoms with Crippen molar-refractivity contribution in [2.24, 2.45) is 0 Å². The molecular weight excluding hydrogens is 716 g/mol. The third-order valence-corrected chi connectivity index (χ3v) is 11.1. The lowest BCUT2D eigenvalue weighted by molar-refractivity contribution is -0.383. The van der Waals surface area contributed by atoms with Crippen LogP contribution in [0.5, 0.6) is 0 Å². The summed E-state index contributed by atoms with van der Waals surface area (Å²) in [4.78, 5) is 24.0. The van der Waals surface area contributed by atoms with E-state index in [9.17, 15) is 37.1 Å². The number of aromatic amines is 1. The topological polar surface area (TPSA) is 175 Å². The van der Waals surface area contributed by atoms with Crippen LogP contribution < -0.4 is 0 Å². The first kappa shape index (κ1) is 34.8. The predicted octanol–water partition coefficient (Wildman–Crippen LogP) is 8.78. The van der Waals surface area contributed by atoms with Crippen LogP contribution in [0.15, 0.2) is 156 Å². The molecule has 0 saturated carbocycles. The number of nitro benzene ring substituents is 2. The zero-order chi connectivity index (χ0) is 36.3. The Bertz CT molecular complexity index is 2820. The molecule has 1 N–H and O–H groups in total. The molecule has 0 aliphatic heterocycles. The number of nitro groups is 2. The van der Waals surface area contributed by atoms with Crippen LogP contribution in [0.25, 0.3) is 43.4 Å². The fourth-order valence-corrected chi connectivity index (χ4v) is 8.32. The van der Waals surface area contributed by atoms with E-state index in [4.69, 9.17) is 10.7 Å². The number of nitrogens with one attached hydrogen (secondary N) is 1. The summed E-state index contributed by atoms with van der Waals surface area (Å²) in [7, 11) is -2.24. The zero-order valence-corrected chi connectivity index (χ0v) is 28.5. The van der Waals surface area contributed by atoms with Crippen molar-refractivity contribution in [3.63, 3.8) is 0 Å². The van der Waals surface area contributed by atoms with Gasteiger partial charge in [0.05, 0.1) is 41.4 Å². The molecule has 0 fully saturated rings. The summed E-state index contributed by atoms with van der Waals surface area (Å²) in [5, 5.41) is 25.6. The standard InChI is InChI=1S/C18H12N2O4S.C10H7ClO2S.C8H6N2O2/c21-20(22)17-9-4-8-16-15(17)11-12-19(16)25(23,24)18-10-3-6-13-5-1-2-7-14(13)18;11-14(12,13)10-7-3-5-8-4-1-2-6-9(8)10;11-10(12)8-3-1-2-7-6(8)4-5-9-7/h1-12H;1-7H;1-5,9H. The van der Waals surface area contributed by atoms with Gasteiger partial charge in [-0.15, -0.1) is 0 Å². The van der Waals surface area contributed by atoms with Crippen LogP contribution >= 0.6 is 10.7 Å². The summed E-state index contributed by atoms with van der Waals surface area (Å²) in [5.41, 5.74) is 1.10. The van der Waals surface area contributed by atoms with Crippen LogP contribution in [0.2, 0.25) is 0 Å². The smallest absolute Gasteiger partial charge is 0.278 e. The van der Waals surface area contributed by atoms with E-state index in [1.54, 1.807) is 66.9 Å². The van der Waals surface area contributed by atoms with Gasteiger partial charge in [-0.25, -0.2) is 20.8 Å². The largest absolute Gasteiger partial charge is 0.361 e. The van der Waals surface area contributed by atoms with Gasteiger partial charge in [0.25, 0.3) is 30.4 Å². The normalized spacial score (nSPS) is 11.5. The highest BCUT2D eigenvalue weighted by molar-refractivity contribution is 8.14. The minimum absolute atomic E-state index is 0.121. The number of halogens is 1. The van der Waals surface area contributed by atoms with Crippen molar-refractivity contribution < 1.29 is 26.7 Å². The number of benzene rings is 6. The summed E-state index contributed by atoms with van der Waals surface area (Å²) >= 11 is 0. The predicted molar refractivity (Wildman–Crippen MR) is 197 cm³/mol. The van der Waals surface area contributed by atoms with E-state index < -0.39 is 24.0 Å². The Morgan fingerprint density at radius 1 is 0.549 bits per heavy atom. The van der Waals surface area contributed by atoms with E-state index in [0.29, 0.717) is 16.2 Å². The van der Waals surface area contributed by atoms with Gasteiger partial charge in [-0.3, -0.25) is 20.2 Å². The van der Waals surface area contributed by atoms with Crippen molar-refractivity contribution in [1.29, 1.82) is 0 Å². The number of H-pyrrole nitrogens is 1. The third kappa shape index (κ3) is 7.01. The molecule has 2 heterocycles. The van der Waals surface area contributed by atoms with Gasteiger partial charge in [-0.05, 0) is 47.2 Å². The zero-order valence-electron chi connectivity index (χ0n) is 26.2. The van der Waals surface area contributed by atoms with Gasteiger partial charge in [0.2, 0.25) is 0 Å². The molecule has 0 aliphatic rings. The minimum Gasteiger partial charge on any atom is -0.361 e. The molecule has 0 atom stereocenters. The van der Waals surface area contributed by atoms with Gasteiger partial charge < -0.3 is 4.98 Å². The van der Waals surface area contributed by atoms with Crippen molar-refractivity contribution >= 4 is 84.5 Å². The Morgan fingerprint density at radius 3 is 1.67 bits per heavy atom. The van der Waals surface area contributed by atoms with Crippen molar-refractivity contribution in [1.82, 2.24) is 8.96 Å². The van der Waals surface area contributed by atoms with E-state index in [-0.39, 0.29) is 37.0 Å². The highest BCUT2D eigenvalue weighted by atomic mass is 35.7. The van der Waals surface area contributed by atoms with Crippen molar-refractivity contribution in [3.05, 3.63) is 166 Å². The highest BCUT2D eigenvalue weighted by Gasteiger charge is 2.24. The molecule has 8 aromatic rings. The van der Waals surface area contributed by atoms with Crippen molar-refractivity contribution in [3.8, 4) is 0 Å². The molecule has 15 heteroatoms. The molecule has 2 aromatic heterocycles. The summed E-state index contributed by atoms with van der Waals surface area (Å²) in [6.45, 7) is 0. The summed E-state index contributed by atoms with van der Waals surface area (Å²) in [6.07, 6.45) is 3.05. The first-order chi connectivity index (χ1) is 24.4. The lowest BCUT2D eigenvalue weighted by atomic mass is 10.1. The SMILES string of the molecule is O=S(=O)(Cl)c1cccc2ccccc12.O=[N+]([O-])c1cccc2[nH]ccc12.O=[N+]([O-])c1cccc2c1ccn2S(=O)(=O)c1cccc2ccccc12. The molecule has 0 bridgehead atoms. The number of nitrogens with zero attached hydrogens (tertiary/aromatic N) is 3. The average Bonchev–Trinajstić information content (AvgIpc) is 3.79. The summed E-state index contributed by atoms with van der Waals surface area (Å²) < 4.78 is 49.9. The van der Waals surface area contributed by atoms with Gasteiger partial charge >= 0.3 is 0 Å². The van der Waals surface area contributed by atoms with E-state index in [2.05, 4.69) is 4.98 Å². The van der Waals surface area contributed by atoms with Gasteiger partial charge in [0.15, 0.2) is 0 Å². The highest BCUT2D eigenvalue weighted by Crippen LogP contribution is 2.31. The van der Waals surface area contributed by atoms with Gasteiger partial charge in [0.1, 0.15) is 0 Å². The van der Waals surface area contributed by atoms with E-state index in [1.807, 2.05) is 42.5 Å². The first-order valence-electron chi connectivity index (χ1n) is 15.0. The molecule has 256 valence electrons. The van der Waals surface area contributed by atoms with Crippen LogP contribution in [0.1, 0.15) is 0 Å². The van der Waals surface area contributed by atoms with E-state index >= 15 is 0 Å². The van der Waals surface area contributed by atoms with Crippen molar-refractivity contribution in [2.45, 2.75) is 9.79 Å². The molecule has 6 aromatic carbocycles. The second-order valence-electron chi connectivity index (χ2n) is 10.9. The molecule has 0 amide bonds. The average molecular weight is 741 g/mol. The maximum atomic E-state index is 13.2. The maximum absolute atomic E-state index is 13.2. The summed E-state index contributed by atoms with van der Waals surface area (Å²) in [6, 6.07) is 37.1. The Hall–Kier alpha value is -6.09. The third-order valence-electron chi connectivity index (χ3n) is 7.94. The number of fused-ring (bicyclic) bond motifs is 4. The molecule has 0 saturated heterocycles. The fourth-order valence-electron chi connectivity index (χ4n) is 5.66. The molecule has 0 aliphatic carbocycles. The van der Waals surface area contributed by atoms with Crippen LogP contribution in [0, 0.1) is 20.2 Å². The number of hydrogen-bond donors (Lipinski definition) is 1. The summed E-state index contributed by atoms with van der Waals surface area (Å²) in [5.74, 6) is 0. The lowest BCUT2D eigenvalue weighted by Gasteiger charge is -2.10. The van der Waals surface area contributed by atoms with Gasteiger partial charge in [-0.2, -0.15) is 0 Å². The molecule has 8 rings (SSSR count). The second-order valence-corrected chi connectivity index (χ2v) is 15.3. The quantitative estimate of drug-likeness (QED) is 0.103. The minimum atomic E-state index is -3.90. The number of aromatic nitrogens is 2. The number of non-ortho nitro benzene ring substituents is 2. The Balaban J connectivity index is 0.000000145. The van der Waals surface area contributed by atoms with Crippen LogP contribution in [0.3, 0.4) is 0 Å². The number of rotatable bonds is 5. The lowest BCUT2D eigenvalue weighted by Crippen LogP contribution is -2.12. The fraction of sp³-hybridized carbons (Fsp3) is 0. The molecule has 0 radical (unpaired) electrons. The molecule has 0 unspecified atom stereocenters.